The van der Waals surface area contributed by atoms with Crippen LogP contribution in [0.5, 0.6) is 0 Å². The van der Waals surface area contributed by atoms with Crippen LogP contribution in [0.2, 0.25) is 0 Å². The van der Waals surface area contributed by atoms with Crippen molar-refractivity contribution in [2.24, 2.45) is 5.92 Å². The van der Waals surface area contributed by atoms with Gasteiger partial charge in [-0.05, 0) is 25.8 Å². The zero-order valence-corrected chi connectivity index (χ0v) is 14.8. The van der Waals surface area contributed by atoms with Gasteiger partial charge < -0.3 is 19.4 Å². The Morgan fingerprint density at radius 1 is 1.29 bits per heavy atom. The van der Waals surface area contributed by atoms with Gasteiger partial charge in [0.15, 0.2) is 0 Å². The lowest BCUT2D eigenvalue weighted by Gasteiger charge is -2.39. The minimum atomic E-state index is 0.0182. The summed E-state index contributed by atoms with van der Waals surface area (Å²) < 4.78 is 5.65. The highest BCUT2D eigenvalue weighted by molar-refractivity contribution is 5.79. The first-order valence-corrected chi connectivity index (χ1v) is 8.72. The van der Waals surface area contributed by atoms with E-state index in [-0.39, 0.29) is 17.9 Å². The molecule has 2 fully saturated rings. The van der Waals surface area contributed by atoms with Crippen molar-refractivity contribution in [3.63, 3.8) is 0 Å². The van der Waals surface area contributed by atoms with Crippen LogP contribution < -0.4 is 9.80 Å². The fourth-order valence-corrected chi connectivity index (χ4v) is 3.37. The number of amides is 1. The summed E-state index contributed by atoms with van der Waals surface area (Å²) in [5.41, 5.74) is 0. The van der Waals surface area contributed by atoms with E-state index in [1.807, 2.05) is 36.9 Å². The Bertz CT molecular complexity index is 572. The van der Waals surface area contributed by atoms with Crippen LogP contribution >= 0.6 is 0 Å². The van der Waals surface area contributed by atoms with Crippen molar-refractivity contribution >= 4 is 17.7 Å². The molecule has 0 bridgehead atoms. The number of hydrogen-bond donors (Lipinski definition) is 0. The highest BCUT2D eigenvalue weighted by Crippen LogP contribution is 2.24. The van der Waals surface area contributed by atoms with E-state index in [4.69, 9.17) is 4.74 Å². The molecule has 2 unspecified atom stereocenters. The molecule has 2 saturated heterocycles. The minimum Gasteiger partial charge on any atom is -0.378 e. The Labute approximate surface area is 143 Å². The lowest BCUT2D eigenvalue weighted by atomic mass is 9.93. The molecule has 0 spiro atoms. The van der Waals surface area contributed by atoms with Gasteiger partial charge in [-0.3, -0.25) is 4.79 Å². The maximum atomic E-state index is 12.7. The quantitative estimate of drug-likeness (QED) is 0.823. The summed E-state index contributed by atoms with van der Waals surface area (Å²) in [6.45, 7) is 5.88. The molecule has 0 N–H and O–H groups in total. The summed E-state index contributed by atoms with van der Waals surface area (Å²) in [7, 11) is 3.87. The number of piperazine rings is 1. The molecular weight excluding hydrogens is 306 g/mol. The zero-order valence-electron chi connectivity index (χ0n) is 14.8. The first kappa shape index (κ1) is 17.0. The molecule has 2 atom stereocenters. The van der Waals surface area contributed by atoms with Gasteiger partial charge in [0.2, 0.25) is 11.9 Å². The van der Waals surface area contributed by atoms with E-state index in [1.54, 1.807) is 6.20 Å². The summed E-state index contributed by atoms with van der Waals surface area (Å²) in [6, 6.07) is 1.93. The number of aromatic nitrogens is 2. The SMILES string of the molecule is CC1OCCCC1C(=O)N1CCN(c2ccnc(N(C)C)n2)CC1. The monoisotopic (exact) mass is 333 g/mol. The lowest BCUT2D eigenvalue weighted by molar-refractivity contribution is -0.144. The molecule has 1 amide bonds. The van der Waals surface area contributed by atoms with Gasteiger partial charge in [0, 0.05) is 53.1 Å². The highest BCUT2D eigenvalue weighted by Gasteiger charge is 2.33. The topological polar surface area (TPSA) is 61.8 Å². The van der Waals surface area contributed by atoms with Crippen LogP contribution in [-0.4, -0.2) is 73.8 Å². The Morgan fingerprint density at radius 2 is 2.04 bits per heavy atom. The Kier molecular flexibility index (Phi) is 5.18. The van der Waals surface area contributed by atoms with Gasteiger partial charge in [0.05, 0.1) is 12.0 Å². The molecule has 132 valence electrons. The standard InChI is InChI=1S/C17H27N5O2/c1-13-14(5-4-12-24-13)16(23)22-10-8-21(9-11-22)15-6-7-18-17(19-15)20(2)3/h6-7,13-14H,4-5,8-12H2,1-3H3. The molecule has 1 aromatic heterocycles. The molecule has 3 heterocycles. The summed E-state index contributed by atoms with van der Waals surface area (Å²) in [5.74, 6) is 1.90. The van der Waals surface area contributed by atoms with Crippen LogP contribution in [0.3, 0.4) is 0 Å². The number of rotatable bonds is 3. The Morgan fingerprint density at radius 3 is 2.71 bits per heavy atom. The normalized spacial score (nSPS) is 24.8. The van der Waals surface area contributed by atoms with Gasteiger partial charge in [-0.15, -0.1) is 0 Å². The highest BCUT2D eigenvalue weighted by atomic mass is 16.5. The molecule has 2 aliphatic rings. The molecule has 7 nitrogen and oxygen atoms in total. The third-order valence-electron chi connectivity index (χ3n) is 4.87. The lowest BCUT2D eigenvalue weighted by Crippen LogP contribution is -2.52. The smallest absolute Gasteiger partial charge is 0.228 e. The van der Waals surface area contributed by atoms with Crippen molar-refractivity contribution in [3.05, 3.63) is 12.3 Å². The molecule has 0 radical (unpaired) electrons. The van der Waals surface area contributed by atoms with Crippen LogP contribution in [0, 0.1) is 5.92 Å². The average molecular weight is 333 g/mol. The molecule has 0 aromatic carbocycles. The second-order valence-electron chi connectivity index (χ2n) is 6.75. The van der Waals surface area contributed by atoms with Crippen molar-refractivity contribution in [1.82, 2.24) is 14.9 Å². The van der Waals surface area contributed by atoms with Crippen molar-refractivity contribution in [2.45, 2.75) is 25.9 Å². The predicted octanol–water partition coefficient (Wildman–Crippen LogP) is 1.01. The van der Waals surface area contributed by atoms with E-state index in [0.29, 0.717) is 5.95 Å². The zero-order chi connectivity index (χ0) is 17.1. The van der Waals surface area contributed by atoms with Crippen LogP contribution in [0.1, 0.15) is 19.8 Å². The second kappa shape index (κ2) is 7.34. The Balaban J connectivity index is 1.59. The largest absolute Gasteiger partial charge is 0.378 e. The van der Waals surface area contributed by atoms with Crippen LogP contribution in [0.4, 0.5) is 11.8 Å². The number of carbonyl (C=O) groups is 1. The summed E-state index contributed by atoms with van der Waals surface area (Å²) in [5, 5.41) is 0. The first-order chi connectivity index (χ1) is 11.6. The van der Waals surface area contributed by atoms with Crippen LogP contribution in [-0.2, 0) is 9.53 Å². The van der Waals surface area contributed by atoms with E-state index in [1.165, 1.54) is 0 Å². The molecule has 2 aliphatic heterocycles. The summed E-state index contributed by atoms with van der Waals surface area (Å²) in [4.78, 5) is 27.7. The maximum Gasteiger partial charge on any atom is 0.228 e. The van der Waals surface area contributed by atoms with E-state index in [9.17, 15) is 4.79 Å². The van der Waals surface area contributed by atoms with Gasteiger partial charge in [-0.1, -0.05) is 0 Å². The van der Waals surface area contributed by atoms with Gasteiger partial charge in [0.25, 0.3) is 0 Å². The summed E-state index contributed by atoms with van der Waals surface area (Å²) in [6.07, 6.45) is 3.75. The molecule has 0 saturated carbocycles. The number of nitrogens with zero attached hydrogens (tertiary/aromatic N) is 5. The van der Waals surface area contributed by atoms with Crippen molar-refractivity contribution in [2.75, 3.05) is 56.7 Å². The number of anilines is 2. The van der Waals surface area contributed by atoms with E-state index < -0.39 is 0 Å². The Hall–Kier alpha value is -1.89. The number of ether oxygens (including phenoxy) is 1. The number of hydrogen-bond acceptors (Lipinski definition) is 6. The van der Waals surface area contributed by atoms with Crippen LogP contribution in [0.25, 0.3) is 0 Å². The number of carbonyl (C=O) groups excluding carboxylic acids is 1. The molecule has 0 aliphatic carbocycles. The van der Waals surface area contributed by atoms with Crippen molar-refractivity contribution in [1.29, 1.82) is 0 Å². The van der Waals surface area contributed by atoms with Crippen molar-refractivity contribution in [3.8, 4) is 0 Å². The predicted molar refractivity (Wildman–Crippen MR) is 93.3 cm³/mol. The van der Waals surface area contributed by atoms with E-state index >= 15 is 0 Å². The minimum absolute atomic E-state index is 0.0182. The molecule has 24 heavy (non-hydrogen) atoms. The van der Waals surface area contributed by atoms with Gasteiger partial charge in [0.1, 0.15) is 5.82 Å². The van der Waals surface area contributed by atoms with Crippen LogP contribution in [0.15, 0.2) is 12.3 Å². The van der Waals surface area contributed by atoms with Gasteiger partial charge in [-0.25, -0.2) is 4.98 Å². The van der Waals surface area contributed by atoms with Crippen molar-refractivity contribution < 1.29 is 9.53 Å². The average Bonchev–Trinajstić information content (AvgIpc) is 2.62. The molecule has 3 rings (SSSR count). The van der Waals surface area contributed by atoms with E-state index in [2.05, 4.69) is 14.9 Å². The van der Waals surface area contributed by atoms with E-state index in [0.717, 1.165) is 51.4 Å². The third-order valence-corrected chi connectivity index (χ3v) is 4.87. The van der Waals surface area contributed by atoms with Gasteiger partial charge in [-0.2, -0.15) is 4.98 Å². The first-order valence-electron chi connectivity index (χ1n) is 8.72. The maximum absolute atomic E-state index is 12.7. The molecular formula is C17H27N5O2. The molecule has 1 aromatic rings. The fourth-order valence-electron chi connectivity index (χ4n) is 3.37. The summed E-state index contributed by atoms with van der Waals surface area (Å²) >= 11 is 0. The third kappa shape index (κ3) is 3.61. The molecule has 7 heteroatoms. The second-order valence-corrected chi connectivity index (χ2v) is 6.75. The fraction of sp³-hybridized carbons (Fsp3) is 0.706. The van der Waals surface area contributed by atoms with Gasteiger partial charge >= 0.3 is 0 Å².